The van der Waals surface area contributed by atoms with Crippen LogP contribution in [-0.2, 0) is 16.6 Å². The monoisotopic (exact) mass is 459 g/mol. The number of ether oxygens (including phenoxy) is 1. The number of para-hydroxylation sites is 1. The Morgan fingerprint density at radius 1 is 1.03 bits per heavy atom. The van der Waals surface area contributed by atoms with Crippen molar-refractivity contribution in [1.82, 2.24) is 14.4 Å². The summed E-state index contributed by atoms with van der Waals surface area (Å²) in [5, 5.41) is 1.08. The molecule has 6 heteroatoms. The number of nitrogens with zero attached hydrogens (tertiary/aromatic N) is 3. The van der Waals surface area contributed by atoms with Crippen molar-refractivity contribution in [2.45, 2.75) is 31.7 Å². The fraction of sp³-hybridized carbons (Fsp3) is 0.429. The molecule has 178 valence electrons. The molecule has 34 heavy (non-hydrogen) atoms. The van der Waals surface area contributed by atoms with Crippen molar-refractivity contribution in [3.05, 3.63) is 71.4 Å². The number of carbonyl (C=O) groups is 2. The van der Waals surface area contributed by atoms with Gasteiger partial charge in [-0.15, -0.1) is 0 Å². The van der Waals surface area contributed by atoms with Gasteiger partial charge in [-0.1, -0.05) is 43.3 Å². The van der Waals surface area contributed by atoms with Gasteiger partial charge in [-0.3, -0.25) is 9.59 Å². The van der Waals surface area contributed by atoms with E-state index in [9.17, 15) is 9.59 Å². The van der Waals surface area contributed by atoms with Crippen LogP contribution in [0.3, 0.4) is 0 Å². The quantitative estimate of drug-likeness (QED) is 0.570. The normalized spacial score (nSPS) is 21.2. The van der Waals surface area contributed by atoms with Crippen LogP contribution in [-0.4, -0.2) is 59.5 Å². The molecular weight excluding hydrogens is 426 g/mol. The van der Waals surface area contributed by atoms with E-state index in [0.29, 0.717) is 24.6 Å². The summed E-state index contributed by atoms with van der Waals surface area (Å²) in [6.45, 7) is 4.64. The van der Waals surface area contributed by atoms with Gasteiger partial charge in [0.1, 0.15) is 0 Å². The van der Waals surface area contributed by atoms with Gasteiger partial charge in [0.15, 0.2) is 0 Å². The molecule has 1 aromatic heterocycles. The lowest BCUT2D eigenvalue weighted by molar-refractivity contribution is -0.136. The summed E-state index contributed by atoms with van der Waals surface area (Å²) in [6.07, 6.45) is 4.13. The summed E-state index contributed by atoms with van der Waals surface area (Å²) in [4.78, 5) is 31.9. The highest BCUT2D eigenvalue weighted by Gasteiger charge is 2.46. The topological polar surface area (TPSA) is 54.8 Å². The largest absolute Gasteiger partial charge is 0.383 e. The van der Waals surface area contributed by atoms with E-state index < -0.39 is 12.0 Å². The van der Waals surface area contributed by atoms with Gasteiger partial charge < -0.3 is 19.1 Å². The third kappa shape index (κ3) is 3.80. The minimum Gasteiger partial charge on any atom is -0.383 e. The maximum atomic E-state index is 14.2. The van der Waals surface area contributed by atoms with Crippen LogP contribution in [0.1, 0.15) is 53.2 Å². The number of aromatic nitrogens is 1. The zero-order valence-corrected chi connectivity index (χ0v) is 20.2. The molecule has 3 aromatic rings. The van der Waals surface area contributed by atoms with E-state index in [-0.39, 0.29) is 11.8 Å². The number of carbonyl (C=O) groups excluding carboxylic acids is 2. The molecule has 0 aliphatic carbocycles. The highest BCUT2D eigenvalue weighted by molar-refractivity contribution is 6.02. The fourth-order valence-electron chi connectivity index (χ4n) is 5.67. The minimum atomic E-state index is -0.454. The number of likely N-dealkylation sites (tertiary alicyclic amines) is 1. The lowest BCUT2D eigenvalue weighted by atomic mass is 9.78. The number of piperidine rings is 1. The number of hydrogen-bond donors (Lipinski definition) is 0. The van der Waals surface area contributed by atoms with E-state index in [1.807, 2.05) is 53.2 Å². The van der Waals surface area contributed by atoms with Crippen molar-refractivity contribution in [3.63, 3.8) is 0 Å². The molecule has 1 saturated heterocycles. The summed E-state index contributed by atoms with van der Waals surface area (Å²) in [6, 6.07) is 15.5. The predicted molar refractivity (Wildman–Crippen MR) is 133 cm³/mol. The van der Waals surface area contributed by atoms with Crippen molar-refractivity contribution in [3.8, 4) is 0 Å². The van der Waals surface area contributed by atoms with Crippen molar-refractivity contribution >= 4 is 22.7 Å². The molecule has 0 spiro atoms. The van der Waals surface area contributed by atoms with Crippen molar-refractivity contribution in [2.24, 2.45) is 13.0 Å². The molecule has 0 bridgehead atoms. The summed E-state index contributed by atoms with van der Waals surface area (Å²) in [5.74, 6) is 0.260. The molecule has 0 N–H and O–H groups in total. The Kier molecular flexibility index (Phi) is 6.17. The number of aryl methyl sites for hydroxylation is 1. The Bertz CT molecular complexity index is 1210. The van der Waals surface area contributed by atoms with Crippen molar-refractivity contribution in [2.75, 3.05) is 33.4 Å². The summed E-state index contributed by atoms with van der Waals surface area (Å²) >= 11 is 0. The second kappa shape index (κ2) is 9.26. The highest BCUT2D eigenvalue weighted by atomic mass is 16.5. The van der Waals surface area contributed by atoms with E-state index in [0.717, 1.165) is 48.0 Å². The van der Waals surface area contributed by atoms with Crippen LogP contribution in [0.4, 0.5) is 0 Å². The zero-order chi connectivity index (χ0) is 23.8. The van der Waals surface area contributed by atoms with Gasteiger partial charge >= 0.3 is 0 Å². The SMILES string of the molecule is COCCN1C(=O)c2ccccc2C(C(=O)N2CCC(C)CC2)C1c1cn(C)c2ccccc12. The van der Waals surface area contributed by atoms with Gasteiger partial charge in [-0.05, 0) is 36.5 Å². The molecular formula is C28H33N3O3. The summed E-state index contributed by atoms with van der Waals surface area (Å²) in [5.41, 5.74) is 3.57. The van der Waals surface area contributed by atoms with Crippen LogP contribution in [0, 0.1) is 5.92 Å². The predicted octanol–water partition coefficient (Wildman–Crippen LogP) is 4.36. The van der Waals surface area contributed by atoms with E-state index in [4.69, 9.17) is 4.74 Å². The average Bonchev–Trinajstić information content (AvgIpc) is 3.19. The van der Waals surface area contributed by atoms with E-state index in [2.05, 4.69) is 29.8 Å². The third-order valence-electron chi connectivity index (χ3n) is 7.58. The Balaban J connectivity index is 1.69. The Morgan fingerprint density at radius 2 is 1.74 bits per heavy atom. The molecule has 2 aliphatic rings. The maximum absolute atomic E-state index is 14.2. The highest BCUT2D eigenvalue weighted by Crippen LogP contribution is 2.46. The molecule has 0 radical (unpaired) electrons. The standard InChI is InChI=1S/C28H33N3O3/c1-19-12-14-30(15-13-19)28(33)25-21-9-4-5-10-22(21)27(32)31(16-17-34-3)26(25)23-18-29(2)24-11-7-6-8-20(23)24/h4-11,18-19,25-26H,12-17H2,1-3H3. The van der Waals surface area contributed by atoms with Gasteiger partial charge in [-0.2, -0.15) is 0 Å². The number of methoxy groups -OCH3 is 1. The molecule has 2 atom stereocenters. The number of benzene rings is 2. The third-order valence-corrected chi connectivity index (χ3v) is 7.58. The molecule has 1 fully saturated rings. The molecule has 2 unspecified atom stereocenters. The van der Waals surface area contributed by atoms with Crippen molar-refractivity contribution in [1.29, 1.82) is 0 Å². The maximum Gasteiger partial charge on any atom is 0.254 e. The minimum absolute atomic E-state index is 0.0399. The first kappa shape index (κ1) is 22.7. The zero-order valence-electron chi connectivity index (χ0n) is 20.2. The van der Waals surface area contributed by atoms with Crippen LogP contribution in [0.5, 0.6) is 0 Å². The number of hydrogen-bond acceptors (Lipinski definition) is 3. The number of rotatable bonds is 5. The molecule has 0 saturated carbocycles. The molecule has 2 amide bonds. The Morgan fingerprint density at radius 3 is 2.50 bits per heavy atom. The lowest BCUT2D eigenvalue weighted by Crippen LogP contribution is -2.50. The van der Waals surface area contributed by atoms with Crippen LogP contribution in [0.25, 0.3) is 10.9 Å². The Hall–Kier alpha value is -3.12. The smallest absolute Gasteiger partial charge is 0.254 e. The van der Waals surface area contributed by atoms with E-state index >= 15 is 0 Å². The van der Waals surface area contributed by atoms with Crippen LogP contribution < -0.4 is 0 Å². The van der Waals surface area contributed by atoms with Gasteiger partial charge in [0, 0.05) is 62.0 Å². The van der Waals surface area contributed by atoms with Gasteiger partial charge in [0.05, 0.1) is 18.6 Å². The molecule has 5 rings (SSSR count). The average molecular weight is 460 g/mol. The first-order chi connectivity index (χ1) is 16.5. The molecule has 2 aliphatic heterocycles. The van der Waals surface area contributed by atoms with Crippen molar-refractivity contribution < 1.29 is 14.3 Å². The summed E-state index contributed by atoms with van der Waals surface area (Å²) in [7, 11) is 3.67. The van der Waals surface area contributed by atoms with Crippen LogP contribution >= 0.6 is 0 Å². The lowest BCUT2D eigenvalue weighted by Gasteiger charge is -2.44. The van der Waals surface area contributed by atoms with Crippen LogP contribution in [0.2, 0.25) is 0 Å². The number of fused-ring (bicyclic) bond motifs is 2. The fourth-order valence-corrected chi connectivity index (χ4v) is 5.67. The van der Waals surface area contributed by atoms with Gasteiger partial charge in [-0.25, -0.2) is 0 Å². The Labute approximate surface area is 201 Å². The van der Waals surface area contributed by atoms with E-state index in [1.54, 1.807) is 7.11 Å². The van der Waals surface area contributed by atoms with Gasteiger partial charge in [0.25, 0.3) is 5.91 Å². The molecule has 2 aromatic carbocycles. The molecule has 3 heterocycles. The second-order valence-electron chi connectivity index (χ2n) is 9.72. The van der Waals surface area contributed by atoms with Crippen LogP contribution in [0.15, 0.2) is 54.7 Å². The number of amides is 2. The molecule has 6 nitrogen and oxygen atoms in total. The first-order valence-electron chi connectivity index (χ1n) is 12.2. The van der Waals surface area contributed by atoms with E-state index in [1.165, 1.54) is 0 Å². The van der Waals surface area contributed by atoms with Gasteiger partial charge in [0.2, 0.25) is 5.91 Å². The summed E-state index contributed by atoms with van der Waals surface area (Å²) < 4.78 is 7.48. The first-order valence-corrected chi connectivity index (χ1v) is 12.2. The second-order valence-corrected chi connectivity index (χ2v) is 9.72.